The smallest absolute Gasteiger partial charge is 0.294 e. The molecule has 0 amide bonds. The number of hydrogen-bond acceptors (Lipinski definition) is 6. The molecular weight excluding hydrogens is 232 g/mol. The summed E-state index contributed by atoms with van der Waals surface area (Å²) in [7, 11) is 0. The third-order valence-corrected chi connectivity index (χ3v) is 2.05. The molecule has 0 N–H and O–H groups in total. The van der Waals surface area contributed by atoms with Gasteiger partial charge in [0.2, 0.25) is 0 Å². The van der Waals surface area contributed by atoms with Gasteiger partial charge in [-0.05, 0) is 18.3 Å². The van der Waals surface area contributed by atoms with Crippen LogP contribution in [-0.2, 0) is 9.68 Å². The van der Waals surface area contributed by atoms with Crippen LogP contribution in [0.4, 0.5) is 0 Å². The van der Waals surface area contributed by atoms with Gasteiger partial charge in [-0.1, -0.05) is 27.2 Å². The first-order chi connectivity index (χ1) is 7.70. The Kier molecular flexibility index (Phi) is 6.22. The summed E-state index contributed by atoms with van der Waals surface area (Å²) in [5, 5.41) is 18.2. The van der Waals surface area contributed by atoms with Gasteiger partial charge in [0.05, 0.1) is 0 Å². The predicted molar refractivity (Wildman–Crippen MR) is 58.1 cm³/mol. The fourth-order valence-electron chi connectivity index (χ4n) is 1.29. The molecule has 0 heterocycles. The standard InChI is InChI=1S/C9H18N2O6/c1-9(2,3)6-4-5-8(17-11(14)15)7-16-10(12)13/h8H,4-7H2,1-3H3. The van der Waals surface area contributed by atoms with Gasteiger partial charge in [0.15, 0.2) is 0 Å². The van der Waals surface area contributed by atoms with Gasteiger partial charge in [0, 0.05) is 0 Å². The Bertz CT molecular complexity index is 263. The topological polar surface area (TPSA) is 105 Å². The molecule has 8 nitrogen and oxygen atoms in total. The molecule has 0 bridgehead atoms. The molecule has 0 radical (unpaired) electrons. The van der Waals surface area contributed by atoms with Crippen molar-refractivity contribution >= 4 is 0 Å². The molecular formula is C9H18N2O6. The van der Waals surface area contributed by atoms with E-state index in [1.807, 2.05) is 20.8 Å². The molecule has 0 saturated carbocycles. The minimum atomic E-state index is -0.986. The second kappa shape index (κ2) is 6.87. The molecule has 0 spiro atoms. The SMILES string of the molecule is CC(C)(C)CCCC(CO[N+](=O)[O-])O[N+](=O)[O-]. The molecule has 0 saturated heterocycles. The van der Waals surface area contributed by atoms with Gasteiger partial charge in [-0.2, -0.15) is 0 Å². The molecule has 1 unspecified atom stereocenters. The van der Waals surface area contributed by atoms with Crippen molar-refractivity contribution in [3.8, 4) is 0 Å². The third kappa shape index (κ3) is 10.7. The van der Waals surface area contributed by atoms with Crippen LogP contribution in [0.1, 0.15) is 40.0 Å². The molecule has 0 rings (SSSR count). The van der Waals surface area contributed by atoms with Crippen molar-refractivity contribution in [2.45, 2.75) is 46.1 Å². The van der Waals surface area contributed by atoms with Crippen molar-refractivity contribution < 1.29 is 19.8 Å². The molecule has 0 aliphatic heterocycles. The van der Waals surface area contributed by atoms with Gasteiger partial charge in [0.1, 0.15) is 12.7 Å². The molecule has 1 atom stereocenters. The molecule has 0 aromatic heterocycles. The number of rotatable bonds is 8. The first kappa shape index (κ1) is 15.4. The lowest BCUT2D eigenvalue weighted by molar-refractivity contribution is -0.790. The fourth-order valence-corrected chi connectivity index (χ4v) is 1.29. The summed E-state index contributed by atoms with van der Waals surface area (Å²) in [6.45, 7) is 5.72. The molecule has 17 heavy (non-hydrogen) atoms. The first-order valence-electron chi connectivity index (χ1n) is 5.29. The molecule has 100 valence electrons. The van der Waals surface area contributed by atoms with Crippen LogP contribution < -0.4 is 0 Å². The van der Waals surface area contributed by atoms with E-state index in [9.17, 15) is 20.2 Å². The highest BCUT2D eigenvalue weighted by Crippen LogP contribution is 2.22. The van der Waals surface area contributed by atoms with Gasteiger partial charge < -0.3 is 9.68 Å². The first-order valence-corrected chi connectivity index (χ1v) is 5.29. The minimum Gasteiger partial charge on any atom is -0.312 e. The van der Waals surface area contributed by atoms with E-state index in [0.717, 1.165) is 6.42 Å². The molecule has 8 heteroatoms. The highest BCUT2D eigenvalue weighted by molar-refractivity contribution is 4.63. The second-order valence-electron chi connectivity index (χ2n) is 4.92. The summed E-state index contributed by atoms with van der Waals surface area (Å²) in [5.41, 5.74) is 0.114. The zero-order valence-electron chi connectivity index (χ0n) is 10.2. The van der Waals surface area contributed by atoms with Crippen LogP contribution in [-0.4, -0.2) is 22.9 Å². The normalized spacial score (nSPS) is 12.9. The van der Waals surface area contributed by atoms with Crippen molar-refractivity contribution in [2.75, 3.05) is 6.61 Å². The number of hydrogen-bond donors (Lipinski definition) is 0. The van der Waals surface area contributed by atoms with Crippen LogP contribution in [0, 0.1) is 25.6 Å². The maximum absolute atomic E-state index is 10.2. The lowest BCUT2D eigenvalue weighted by Crippen LogP contribution is -2.25. The van der Waals surface area contributed by atoms with Crippen molar-refractivity contribution in [3.63, 3.8) is 0 Å². The Morgan fingerprint density at radius 3 is 2.18 bits per heavy atom. The molecule has 0 aromatic rings. The van der Waals surface area contributed by atoms with E-state index in [4.69, 9.17) is 0 Å². The summed E-state index contributed by atoms with van der Waals surface area (Å²) in [6, 6.07) is 0. The van der Waals surface area contributed by atoms with Crippen molar-refractivity contribution in [3.05, 3.63) is 20.2 Å². The number of nitrogens with zero attached hydrogens (tertiary/aromatic N) is 2. The Hall–Kier alpha value is -1.60. The zero-order valence-corrected chi connectivity index (χ0v) is 10.2. The average Bonchev–Trinajstić information content (AvgIpc) is 2.10. The summed E-state index contributed by atoms with van der Waals surface area (Å²) in [5.74, 6) is 0. The summed E-state index contributed by atoms with van der Waals surface area (Å²) < 4.78 is 0. The van der Waals surface area contributed by atoms with Gasteiger partial charge >= 0.3 is 0 Å². The molecule has 0 fully saturated rings. The summed E-state index contributed by atoms with van der Waals surface area (Å²) >= 11 is 0. The Morgan fingerprint density at radius 2 is 1.76 bits per heavy atom. The van der Waals surface area contributed by atoms with Crippen molar-refractivity contribution in [1.29, 1.82) is 0 Å². The molecule has 0 aliphatic rings. The zero-order chi connectivity index (χ0) is 13.5. The van der Waals surface area contributed by atoms with Gasteiger partial charge in [-0.3, -0.25) is 0 Å². The van der Waals surface area contributed by atoms with Crippen LogP contribution in [0.2, 0.25) is 0 Å². The Morgan fingerprint density at radius 1 is 1.18 bits per heavy atom. The predicted octanol–water partition coefficient (Wildman–Crippen LogP) is 1.99. The van der Waals surface area contributed by atoms with Gasteiger partial charge in [0.25, 0.3) is 10.2 Å². The lowest BCUT2D eigenvalue weighted by atomic mass is 9.89. The summed E-state index contributed by atoms with van der Waals surface area (Å²) in [4.78, 5) is 28.5. The second-order valence-corrected chi connectivity index (χ2v) is 4.92. The van der Waals surface area contributed by atoms with Crippen LogP contribution >= 0.6 is 0 Å². The van der Waals surface area contributed by atoms with Gasteiger partial charge in [-0.25, -0.2) is 0 Å². The van der Waals surface area contributed by atoms with E-state index >= 15 is 0 Å². The van der Waals surface area contributed by atoms with Crippen LogP contribution in [0.3, 0.4) is 0 Å². The lowest BCUT2D eigenvalue weighted by Gasteiger charge is -2.19. The van der Waals surface area contributed by atoms with E-state index in [1.165, 1.54) is 0 Å². The van der Waals surface area contributed by atoms with E-state index in [-0.39, 0.29) is 5.41 Å². The van der Waals surface area contributed by atoms with Gasteiger partial charge in [-0.15, -0.1) is 20.2 Å². The minimum absolute atomic E-state index is 0.114. The third-order valence-electron chi connectivity index (χ3n) is 2.05. The van der Waals surface area contributed by atoms with Crippen LogP contribution in [0.25, 0.3) is 0 Å². The highest BCUT2D eigenvalue weighted by Gasteiger charge is 2.17. The molecule has 0 aliphatic carbocycles. The quantitative estimate of drug-likeness (QED) is 0.481. The van der Waals surface area contributed by atoms with E-state index in [2.05, 4.69) is 9.68 Å². The molecule has 0 aromatic carbocycles. The summed E-state index contributed by atoms with van der Waals surface area (Å²) in [6.07, 6.45) is 0.996. The van der Waals surface area contributed by atoms with Crippen LogP contribution in [0.15, 0.2) is 0 Å². The maximum atomic E-state index is 10.2. The van der Waals surface area contributed by atoms with E-state index in [1.54, 1.807) is 0 Å². The maximum Gasteiger partial charge on any atom is 0.294 e. The largest absolute Gasteiger partial charge is 0.312 e. The highest BCUT2D eigenvalue weighted by atomic mass is 17.0. The Balaban J connectivity index is 4.01. The van der Waals surface area contributed by atoms with Crippen LogP contribution in [0.5, 0.6) is 0 Å². The Labute approximate surface area is 99.1 Å². The van der Waals surface area contributed by atoms with E-state index < -0.39 is 22.9 Å². The van der Waals surface area contributed by atoms with Crippen molar-refractivity contribution in [1.82, 2.24) is 0 Å². The average molecular weight is 250 g/mol. The fraction of sp³-hybridized carbons (Fsp3) is 1.00. The monoisotopic (exact) mass is 250 g/mol. The van der Waals surface area contributed by atoms with Crippen molar-refractivity contribution in [2.24, 2.45) is 5.41 Å². The van der Waals surface area contributed by atoms with E-state index in [0.29, 0.717) is 12.8 Å².